The number of alkyl halides is 1. The van der Waals surface area contributed by atoms with Crippen molar-refractivity contribution in [3.63, 3.8) is 0 Å². The van der Waals surface area contributed by atoms with E-state index in [0.717, 1.165) is 5.92 Å². The summed E-state index contributed by atoms with van der Waals surface area (Å²) >= 11 is 3.83. The van der Waals surface area contributed by atoms with Gasteiger partial charge in [0.15, 0.2) is 0 Å². The fourth-order valence-corrected chi connectivity index (χ4v) is 3.45. The molecule has 0 spiro atoms. The van der Waals surface area contributed by atoms with E-state index in [1.165, 1.54) is 25.7 Å². The van der Waals surface area contributed by atoms with Crippen molar-refractivity contribution in [1.82, 2.24) is 0 Å². The van der Waals surface area contributed by atoms with E-state index >= 15 is 0 Å². The van der Waals surface area contributed by atoms with Gasteiger partial charge in [0, 0.05) is 4.83 Å². The predicted molar refractivity (Wildman–Crippen MR) is 65.1 cm³/mol. The second-order valence-electron chi connectivity index (χ2n) is 4.15. The highest BCUT2D eigenvalue weighted by atomic mass is 79.9. The van der Waals surface area contributed by atoms with E-state index in [1.807, 2.05) is 0 Å². The Bertz CT molecular complexity index is 306. The van der Waals surface area contributed by atoms with Crippen LogP contribution in [0.1, 0.15) is 43.2 Å². The molecular formula is C13H17Br. The van der Waals surface area contributed by atoms with Gasteiger partial charge in [-0.25, -0.2) is 0 Å². The summed E-state index contributed by atoms with van der Waals surface area (Å²) in [5, 5.41) is 0. The molecule has 1 aliphatic rings. The average molecular weight is 253 g/mol. The highest BCUT2D eigenvalue weighted by molar-refractivity contribution is 9.09. The molecule has 0 heterocycles. The molecule has 2 atom stereocenters. The van der Waals surface area contributed by atoms with Crippen molar-refractivity contribution in [2.45, 2.75) is 43.4 Å². The molecule has 1 heteroatoms. The maximum Gasteiger partial charge on any atom is 0.0214 e. The molecule has 76 valence electrons. The molecule has 0 aliphatic heterocycles. The van der Waals surface area contributed by atoms with Crippen LogP contribution >= 0.6 is 15.9 Å². The molecule has 1 aliphatic carbocycles. The van der Waals surface area contributed by atoms with Crippen LogP contribution in [0.2, 0.25) is 0 Å². The Balaban J connectivity index is 2.17. The molecule has 0 amide bonds. The van der Waals surface area contributed by atoms with Crippen LogP contribution in [0.3, 0.4) is 0 Å². The first-order valence-electron chi connectivity index (χ1n) is 5.54. The summed E-state index contributed by atoms with van der Waals surface area (Å²) < 4.78 is 0. The molecule has 0 nitrogen and oxygen atoms in total. The Morgan fingerprint density at radius 1 is 1.43 bits per heavy atom. The molecule has 0 fully saturated rings. The first-order valence-corrected chi connectivity index (χ1v) is 6.46. The number of fused-ring (bicyclic) bond motifs is 1. The number of hydrogen-bond acceptors (Lipinski definition) is 0. The van der Waals surface area contributed by atoms with Gasteiger partial charge in [-0.15, -0.1) is 0 Å². The van der Waals surface area contributed by atoms with E-state index in [1.54, 1.807) is 11.1 Å². The zero-order chi connectivity index (χ0) is 9.97. The normalized spacial score (nSPS) is 22.0. The van der Waals surface area contributed by atoms with Crippen LogP contribution in [-0.2, 0) is 6.42 Å². The standard InChI is InChI=1S/C13H17Br/c1-2-5-13(14)12-9-8-10-6-3-4-7-11(10)12/h3-4,6-7,12-13H,2,5,8-9H2,1H3. The fourth-order valence-electron chi connectivity index (χ4n) is 2.44. The highest BCUT2D eigenvalue weighted by Gasteiger charge is 2.26. The third kappa shape index (κ3) is 1.88. The van der Waals surface area contributed by atoms with E-state index in [9.17, 15) is 0 Å². The van der Waals surface area contributed by atoms with Crippen molar-refractivity contribution < 1.29 is 0 Å². The molecular weight excluding hydrogens is 236 g/mol. The summed E-state index contributed by atoms with van der Waals surface area (Å²) in [5.74, 6) is 0.756. The average Bonchev–Trinajstić information content (AvgIpc) is 2.61. The zero-order valence-electron chi connectivity index (χ0n) is 8.67. The van der Waals surface area contributed by atoms with Crippen molar-refractivity contribution in [2.75, 3.05) is 0 Å². The summed E-state index contributed by atoms with van der Waals surface area (Å²) in [6.45, 7) is 2.26. The fraction of sp³-hybridized carbons (Fsp3) is 0.538. The Morgan fingerprint density at radius 2 is 2.21 bits per heavy atom. The van der Waals surface area contributed by atoms with Crippen molar-refractivity contribution in [3.8, 4) is 0 Å². The maximum absolute atomic E-state index is 3.83. The maximum atomic E-state index is 3.83. The lowest BCUT2D eigenvalue weighted by atomic mass is 9.95. The van der Waals surface area contributed by atoms with Gasteiger partial charge in [-0.2, -0.15) is 0 Å². The Kier molecular flexibility index (Phi) is 3.27. The molecule has 0 saturated carbocycles. The minimum absolute atomic E-state index is 0.677. The molecule has 0 saturated heterocycles. The molecule has 2 rings (SSSR count). The first kappa shape index (κ1) is 10.2. The van der Waals surface area contributed by atoms with E-state index in [4.69, 9.17) is 0 Å². The number of hydrogen-bond donors (Lipinski definition) is 0. The molecule has 1 aromatic rings. The van der Waals surface area contributed by atoms with Crippen molar-refractivity contribution in [3.05, 3.63) is 35.4 Å². The lowest BCUT2D eigenvalue weighted by molar-refractivity contribution is 0.604. The Morgan fingerprint density at radius 3 is 3.00 bits per heavy atom. The summed E-state index contributed by atoms with van der Waals surface area (Å²) in [5.41, 5.74) is 3.15. The largest absolute Gasteiger partial charge is 0.0884 e. The lowest BCUT2D eigenvalue weighted by Crippen LogP contribution is -2.08. The lowest BCUT2D eigenvalue weighted by Gasteiger charge is -2.17. The van der Waals surface area contributed by atoms with Crippen LogP contribution in [0.5, 0.6) is 0 Å². The van der Waals surface area contributed by atoms with Gasteiger partial charge in [0.1, 0.15) is 0 Å². The van der Waals surface area contributed by atoms with Gasteiger partial charge < -0.3 is 0 Å². The molecule has 1 aromatic carbocycles. The summed E-state index contributed by atoms with van der Waals surface area (Å²) in [6.07, 6.45) is 5.16. The van der Waals surface area contributed by atoms with Crippen LogP contribution in [-0.4, -0.2) is 4.83 Å². The zero-order valence-corrected chi connectivity index (χ0v) is 10.3. The van der Waals surface area contributed by atoms with E-state index < -0.39 is 0 Å². The minimum Gasteiger partial charge on any atom is -0.0884 e. The van der Waals surface area contributed by atoms with Crippen LogP contribution in [0, 0.1) is 0 Å². The Labute approximate surface area is 94.8 Å². The van der Waals surface area contributed by atoms with Crippen molar-refractivity contribution in [1.29, 1.82) is 0 Å². The van der Waals surface area contributed by atoms with Gasteiger partial charge in [-0.05, 0) is 36.3 Å². The number of aryl methyl sites for hydroxylation is 1. The van der Waals surface area contributed by atoms with Gasteiger partial charge in [0.25, 0.3) is 0 Å². The number of rotatable bonds is 3. The third-order valence-electron chi connectivity index (χ3n) is 3.18. The van der Waals surface area contributed by atoms with E-state index in [-0.39, 0.29) is 0 Å². The molecule has 0 N–H and O–H groups in total. The van der Waals surface area contributed by atoms with Crippen LogP contribution in [0.4, 0.5) is 0 Å². The highest BCUT2D eigenvalue weighted by Crippen LogP contribution is 2.39. The third-order valence-corrected chi connectivity index (χ3v) is 4.28. The van der Waals surface area contributed by atoms with Gasteiger partial charge in [-0.1, -0.05) is 53.5 Å². The van der Waals surface area contributed by atoms with Crippen molar-refractivity contribution in [2.24, 2.45) is 0 Å². The van der Waals surface area contributed by atoms with Gasteiger partial charge >= 0.3 is 0 Å². The van der Waals surface area contributed by atoms with E-state index in [0.29, 0.717) is 4.83 Å². The Hall–Kier alpha value is -0.300. The SMILES string of the molecule is CCCC(Br)C1CCc2ccccc21. The second-order valence-corrected chi connectivity index (χ2v) is 5.32. The second kappa shape index (κ2) is 4.48. The molecule has 0 radical (unpaired) electrons. The smallest absolute Gasteiger partial charge is 0.0214 e. The van der Waals surface area contributed by atoms with Gasteiger partial charge in [0.05, 0.1) is 0 Å². The van der Waals surface area contributed by atoms with Crippen molar-refractivity contribution >= 4 is 15.9 Å². The number of benzene rings is 1. The molecule has 14 heavy (non-hydrogen) atoms. The summed E-state index contributed by atoms with van der Waals surface area (Å²) in [4.78, 5) is 0.677. The molecule has 2 unspecified atom stereocenters. The van der Waals surface area contributed by atoms with Crippen LogP contribution in [0.25, 0.3) is 0 Å². The minimum atomic E-state index is 0.677. The molecule has 0 bridgehead atoms. The topological polar surface area (TPSA) is 0 Å². The predicted octanol–water partition coefficient (Wildman–Crippen LogP) is 4.28. The van der Waals surface area contributed by atoms with Crippen LogP contribution < -0.4 is 0 Å². The molecule has 0 aromatic heterocycles. The van der Waals surface area contributed by atoms with E-state index in [2.05, 4.69) is 47.1 Å². The monoisotopic (exact) mass is 252 g/mol. The summed E-state index contributed by atoms with van der Waals surface area (Å²) in [7, 11) is 0. The quantitative estimate of drug-likeness (QED) is 0.705. The first-order chi connectivity index (χ1) is 6.83. The summed E-state index contributed by atoms with van der Waals surface area (Å²) in [6, 6.07) is 8.91. The van der Waals surface area contributed by atoms with Crippen LogP contribution in [0.15, 0.2) is 24.3 Å². The van der Waals surface area contributed by atoms with Gasteiger partial charge in [-0.3, -0.25) is 0 Å². The van der Waals surface area contributed by atoms with Gasteiger partial charge in [0.2, 0.25) is 0 Å². The number of halogens is 1.